The zero-order chi connectivity index (χ0) is 13.3. The van der Waals surface area contributed by atoms with Crippen LogP contribution in [-0.4, -0.2) is 31.8 Å². The number of nitrogens with zero attached hydrogens (tertiary/aromatic N) is 1. The van der Waals surface area contributed by atoms with E-state index in [1.807, 2.05) is 39.1 Å². The summed E-state index contributed by atoms with van der Waals surface area (Å²) in [6.07, 6.45) is -0.288. The Kier molecular flexibility index (Phi) is 3.64. The molecule has 1 aromatic carbocycles. The first-order valence-electron chi connectivity index (χ1n) is 5.86. The van der Waals surface area contributed by atoms with Crippen molar-refractivity contribution in [3.8, 4) is 0 Å². The summed E-state index contributed by atoms with van der Waals surface area (Å²) < 4.78 is 6.43. The molecule has 1 amide bonds. The second-order valence-electron chi connectivity index (χ2n) is 4.87. The van der Waals surface area contributed by atoms with Gasteiger partial charge in [-0.3, -0.25) is 4.90 Å². The maximum absolute atomic E-state index is 11.9. The van der Waals surface area contributed by atoms with Crippen LogP contribution in [0.15, 0.2) is 22.7 Å². The quantitative estimate of drug-likeness (QED) is 0.933. The van der Waals surface area contributed by atoms with Gasteiger partial charge in [0.2, 0.25) is 0 Å². The van der Waals surface area contributed by atoms with E-state index in [1.165, 1.54) is 0 Å². The van der Waals surface area contributed by atoms with Crippen LogP contribution < -0.4 is 10.2 Å². The van der Waals surface area contributed by atoms with E-state index in [4.69, 9.17) is 4.74 Å². The van der Waals surface area contributed by atoms with Gasteiger partial charge in [-0.2, -0.15) is 0 Å². The van der Waals surface area contributed by atoms with Crippen molar-refractivity contribution in [3.63, 3.8) is 0 Å². The van der Waals surface area contributed by atoms with E-state index < -0.39 is 5.60 Å². The minimum Gasteiger partial charge on any atom is -0.440 e. The van der Waals surface area contributed by atoms with E-state index in [9.17, 15) is 4.79 Å². The van der Waals surface area contributed by atoms with Gasteiger partial charge in [-0.1, -0.05) is 22.0 Å². The molecule has 5 heteroatoms. The second kappa shape index (κ2) is 4.90. The van der Waals surface area contributed by atoms with Gasteiger partial charge in [0.25, 0.3) is 0 Å². The summed E-state index contributed by atoms with van der Waals surface area (Å²) in [5.41, 5.74) is 1.53. The number of rotatable bonds is 3. The molecular formula is C13H17BrN2O2. The third kappa shape index (κ3) is 2.52. The Balaban J connectivity index is 2.24. The van der Waals surface area contributed by atoms with Crippen LogP contribution in [0.3, 0.4) is 0 Å². The van der Waals surface area contributed by atoms with Crippen LogP contribution in [0.5, 0.6) is 0 Å². The Bertz CT molecular complexity index is 478. The lowest BCUT2D eigenvalue weighted by Gasteiger charge is -2.21. The molecule has 1 atom stereocenters. The topological polar surface area (TPSA) is 41.6 Å². The van der Waals surface area contributed by atoms with Gasteiger partial charge in [0, 0.05) is 16.7 Å². The summed E-state index contributed by atoms with van der Waals surface area (Å²) >= 11 is 3.48. The molecule has 4 nitrogen and oxygen atoms in total. The first-order chi connectivity index (χ1) is 8.45. The second-order valence-corrected chi connectivity index (χ2v) is 5.72. The minimum atomic E-state index is -0.469. The number of cyclic esters (lactones) is 1. The van der Waals surface area contributed by atoms with E-state index in [0.29, 0.717) is 13.1 Å². The lowest BCUT2D eigenvalue weighted by atomic mass is 10.1. The number of carbonyl (C=O) groups excluding carboxylic acids is 1. The molecule has 1 saturated heterocycles. The number of aryl methyl sites for hydroxylation is 1. The number of halogens is 1. The summed E-state index contributed by atoms with van der Waals surface area (Å²) in [6.45, 7) is 5.15. The van der Waals surface area contributed by atoms with Crippen molar-refractivity contribution < 1.29 is 9.53 Å². The summed E-state index contributed by atoms with van der Waals surface area (Å²) in [4.78, 5) is 13.6. The third-order valence-electron chi connectivity index (χ3n) is 3.06. The summed E-state index contributed by atoms with van der Waals surface area (Å²) in [5.74, 6) is 0. The van der Waals surface area contributed by atoms with Gasteiger partial charge in [-0.05, 0) is 38.6 Å². The molecule has 0 saturated carbocycles. The van der Waals surface area contributed by atoms with E-state index >= 15 is 0 Å². The number of carbonyl (C=O) groups is 1. The van der Waals surface area contributed by atoms with E-state index in [0.717, 1.165) is 15.7 Å². The number of amides is 1. The van der Waals surface area contributed by atoms with Gasteiger partial charge in [0.1, 0.15) is 5.60 Å². The molecule has 1 heterocycles. The lowest BCUT2D eigenvalue weighted by molar-refractivity contribution is 0.0734. The Morgan fingerprint density at radius 1 is 1.56 bits per heavy atom. The van der Waals surface area contributed by atoms with Crippen LogP contribution in [0.2, 0.25) is 0 Å². The minimum absolute atomic E-state index is 0.288. The van der Waals surface area contributed by atoms with E-state index in [2.05, 4.69) is 21.2 Å². The van der Waals surface area contributed by atoms with Crippen molar-refractivity contribution in [3.05, 3.63) is 28.2 Å². The standard InChI is InChI=1S/C13H17BrN2O2/c1-9-4-5-10(6-11(9)14)16-8-13(2,7-15-3)18-12(16)17/h4-6,15H,7-8H2,1-3H3. The molecule has 1 aliphatic rings. The van der Waals surface area contributed by atoms with Crippen LogP contribution in [-0.2, 0) is 4.74 Å². The highest BCUT2D eigenvalue weighted by molar-refractivity contribution is 9.10. The molecule has 18 heavy (non-hydrogen) atoms. The Morgan fingerprint density at radius 2 is 2.28 bits per heavy atom. The normalized spacial score (nSPS) is 23.3. The number of hydrogen-bond acceptors (Lipinski definition) is 3. The molecular weight excluding hydrogens is 296 g/mol. The Hall–Kier alpha value is -1.07. The predicted octanol–water partition coefficient (Wildman–Crippen LogP) is 2.69. The van der Waals surface area contributed by atoms with Crippen LogP contribution in [0.1, 0.15) is 12.5 Å². The van der Waals surface area contributed by atoms with Gasteiger partial charge in [0.15, 0.2) is 0 Å². The molecule has 1 aliphatic heterocycles. The summed E-state index contributed by atoms with van der Waals surface area (Å²) in [5, 5.41) is 3.05. The molecule has 1 fully saturated rings. The molecule has 0 spiro atoms. The fourth-order valence-electron chi connectivity index (χ4n) is 2.11. The monoisotopic (exact) mass is 312 g/mol. The molecule has 1 unspecified atom stereocenters. The third-order valence-corrected chi connectivity index (χ3v) is 3.92. The van der Waals surface area contributed by atoms with Gasteiger partial charge < -0.3 is 10.1 Å². The highest BCUT2D eigenvalue weighted by Crippen LogP contribution is 2.30. The van der Waals surface area contributed by atoms with Crippen molar-refractivity contribution in [2.45, 2.75) is 19.4 Å². The number of hydrogen-bond donors (Lipinski definition) is 1. The molecule has 98 valence electrons. The van der Waals surface area contributed by atoms with Crippen molar-refractivity contribution in [1.82, 2.24) is 5.32 Å². The maximum Gasteiger partial charge on any atom is 0.415 e. The molecule has 0 bridgehead atoms. The van der Waals surface area contributed by atoms with Crippen LogP contribution in [0.25, 0.3) is 0 Å². The van der Waals surface area contributed by atoms with E-state index in [1.54, 1.807) is 4.90 Å². The summed E-state index contributed by atoms with van der Waals surface area (Å²) in [7, 11) is 1.85. The predicted molar refractivity (Wildman–Crippen MR) is 75.0 cm³/mol. The fraction of sp³-hybridized carbons (Fsp3) is 0.462. The zero-order valence-corrected chi connectivity index (χ0v) is 12.4. The van der Waals surface area contributed by atoms with Crippen molar-refractivity contribution in [2.24, 2.45) is 0 Å². The SMILES string of the molecule is CNCC1(C)CN(c2ccc(C)c(Br)c2)C(=O)O1. The van der Waals surface area contributed by atoms with Gasteiger partial charge in [-0.25, -0.2) is 4.79 Å². The van der Waals surface area contributed by atoms with Crippen molar-refractivity contribution >= 4 is 27.7 Å². The molecule has 2 rings (SSSR count). The fourth-order valence-corrected chi connectivity index (χ4v) is 2.48. The number of benzene rings is 1. The van der Waals surface area contributed by atoms with Gasteiger partial charge in [-0.15, -0.1) is 0 Å². The number of nitrogens with one attached hydrogen (secondary N) is 1. The molecule has 0 radical (unpaired) electrons. The van der Waals surface area contributed by atoms with E-state index in [-0.39, 0.29) is 6.09 Å². The highest BCUT2D eigenvalue weighted by atomic mass is 79.9. The first-order valence-corrected chi connectivity index (χ1v) is 6.66. The van der Waals surface area contributed by atoms with Crippen molar-refractivity contribution in [2.75, 3.05) is 25.0 Å². The average Bonchev–Trinajstić information content (AvgIpc) is 2.59. The summed E-state index contributed by atoms with van der Waals surface area (Å²) in [6, 6.07) is 5.87. The van der Waals surface area contributed by atoms with Gasteiger partial charge >= 0.3 is 6.09 Å². The lowest BCUT2D eigenvalue weighted by Crippen LogP contribution is -2.40. The average molecular weight is 313 g/mol. The van der Waals surface area contributed by atoms with Crippen LogP contribution in [0, 0.1) is 6.92 Å². The van der Waals surface area contributed by atoms with Crippen LogP contribution >= 0.6 is 15.9 Å². The maximum atomic E-state index is 11.9. The molecule has 1 N–H and O–H groups in total. The Labute approximate surface area is 115 Å². The van der Waals surface area contributed by atoms with Crippen molar-refractivity contribution in [1.29, 1.82) is 0 Å². The largest absolute Gasteiger partial charge is 0.440 e. The zero-order valence-electron chi connectivity index (χ0n) is 10.8. The molecule has 1 aromatic rings. The molecule has 0 aromatic heterocycles. The molecule has 0 aliphatic carbocycles. The Morgan fingerprint density at radius 3 is 2.89 bits per heavy atom. The number of anilines is 1. The smallest absolute Gasteiger partial charge is 0.415 e. The van der Waals surface area contributed by atoms with Crippen LogP contribution in [0.4, 0.5) is 10.5 Å². The van der Waals surface area contributed by atoms with Gasteiger partial charge in [0.05, 0.1) is 6.54 Å². The number of ether oxygens (including phenoxy) is 1. The highest BCUT2D eigenvalue weighted by Gasteiger charge is 2.41. The number of likely N-dealkylation sites (N-methyl/N-ethyl adjacent to an activating group) is 1. The first kappa shape index (κ1) is 13.4.